The molecule has 5 aromatic rings. The summed E-state index contributed by atoms with van der Waals surface area (Å²) in [5.41, 5.74) is 15.0. The number of pyridine rings is 1. The number of amides is 2. The highest BCUT2D eigenvalue weighted by Gasteiger charge is 2.29. The van der Waals surface area contributed by atoms with Gasteiger partial charge in [-0.3, -0.25) is 14.6 Å². The fourth-order valence-electron chi connectivity index (χ4n) is 4.71. The topological polar surface area (TPSA) is 155 Å². The van der Waals surface area contributed by atoms with E-state index in [0.717, 1.165) is 27.8 Å². The standard InChI is InChI=1S/C28H27N7O3/c1-38-19-10-8-17(9-11-19)16-35-25(14-24(29)36)33-34-28(35)22(26-21(27(30)37)6-4-12-31-26)13-18-15-32-23-7-3-2-5-20(18)23/h2-12,15,22,32H,13-14,16H2,1H3,(H2,29,36)(H2,30,37)/t22-/m1/s1. The molecule has 10 heteroatoms. The third-order valence-electron chi connectivity index (χ3n) is 6.53. The average molecular weight is 510 g/mol. The van der Waals surface area contributed by atoms with Crippen LogP contribution in [0, 0.1) is 0 Å². The number of benzene rings is 2. The van der Waals surface area contributed by atoms with Gasteiger partial charge in [0.15, 0.2) is 0 Å². The molecule has 0 saturated carbocycles. The maximum Gasteiger partial charge on any atom is 0.250 e. The lowest BCUT2D eigenvalue weighted by atomic mass is 9.91. The second-order valence-corrected chi connectivity index (χ2v) is 8.97. The largest absolute Gasteiger partial charge is 0.497 e. The van der Waals surface area contributed by atoms with Crippen LogP contribution in [0.3, 0.4) is 0 Å². The van der Waals surface area contributed by atoms with Gasteiger partial charge in [0.1, 0.15) is 17.4 Å². The van der Waals surface area contributed by atoms with E-state index in [0.29, 0.717) is 35.9 Å². The smallest absolute Gasteiger partial charge is 0.250 e. The SMILES string of the molecule is COc1ccc(Cn2c(CC(N)=O)nnc2[C@H](Cc2c[nH]c3ccccc23)c2ncccc2C(N)=O)cc1. The maximum atomic E-state index is 12.4. The first-order valence-electron chi connectivity index (χ1n) is 12.1. The Bertz CT molecular complexity index is 1600. The fourth-order valence-corrected chi connectivity index (χ4v) is 4.71. The second kappa shape index (κ2) is 10.6. The van der Waals surface area contributed by atoms with Crippen molar-refractivity contribution in [3.8, 4) is 5.75 Å². The summed E-state index contributed by atoms with van der Waals surface area (Å²) in [5.74, 6) is 0.0869. The highest BCUT2D eigenvalue weighted by Crippen LogP contribution is 2.32. The van der Waals surface area contributed by atoms with Crippen molar-refractivity contribution in [2.75, 3.05) is 7.11 Å². The van der Waals surface area contributed by atoms with Gasteiger partial charge in [0.25, 0.3) is 5.91 Å². The number of primary amides is 2. The number of carbonyl (C=O) groups is 2. The first kappa shape index (κ1) is 24.7. The number of methoxy groups -OCH3 is 1. The van der Waals surface area contributed by atoms with Crippen molar-refractivity contribution in [2.24, 2.45) is 11.5 Å². The minimum atomic E-state index is -0.587. The quantitative estimate of drug-likeness (QED) is 0.263. The Morgan fingerprint density at radius 2 is 1.82 bits per heavy atom. The molecular weight excluding hydrogens is 482 g/mol. The Hall–Kier alpha value is -4.99. The fraction of sp³-hybridized carbons (Fsp3) is 0.179. The van der Waals surface area contributed by atoms with Crippen molar-refractivity contribution in [3.63, 3.8) is 0 Å². The first-order valence-corrected chi connectivity index (χ1v) is 12.1. The molecule has 0 aliphatic heterocycles. The predicted molar refractivity (Wildman–Crippen MR) is 142 cm³/mol. The summed E-state index contributed by atoms with van der Waals surface area (Å²) in [6, 6.07) is 18.9. The molecular formula is C28H27N7O3. The number of ether oxygens (including phenoxy) is 1. The third-order valence-corrected chi connectivity index (χ3v) is 6.53. The normalized spacial score (nSPS) is 11.9. The Balaban J connectivity index is 1.66. The van der Waals surface area contributed by atoms with E-state index in [1.807, 2.05) is 59.3 Å². The highest BCUT2D eigenvalue weighted by atomic mass is 16.5. The summed E-state index contributed by atoms with van der Waals surface area (Å²) < 4.78 is 7.15. The summed E-state index contributed by atoms with van der Waals surface area (Å²) >= 11 is 0. The lowest BCUT2D eigenvalue weighted by Gasteiger charge is -2.20. The van der Waals surface area contributed by atoms with E-state index in [9.17, 15) is 9.59 Å². The van der Waals surface area contributed by atoms with Crippen LogP contribution in [0.25, 0.3) is 10.9 Å². The number of rotatable bonds is 10. The van der Waals surface area contributed by atoms with Crippen LogP contribution in [0.4, 0.5) is 0 Å². The molecule has 0 aliphatic carbocycles. The molecule has 38 heavy (non-hydrogen) atoms. The Kier molecular flexibility index (Phi) is 6.86. The van der Waals surface area contributed by atoms with E-state index >= 15 is 0 Å². The number of fused-ring (bicyclic) bond motifs is 1. The van der Waals surface area contributed by atoms with E-state index in [1.165, 1.54) is 0 Å². The van der Waals surface area contributed by atoms with Crippen LogP contribution in [0.2, 0.25) is 0 Å². The number of nitrogens with zero attached hydrogens (tertiary/aromatic N) is 4. The number of H-pyrrole nitrogens is 1. The van der Waals surface area contributed by atoms with Gasteiger partial charge in [-0.2, -0.15) is 0 Å². The number of nitrogens with one attached hydrogen (secondary N) is 1. The van der Waals surface area contributed by atoms with Crippen LogP contribution in [-0.2, 0) is 24.2 Å². The van der Waals surface area contributed by atoms with E-state index in [1.54, 1.807) is 25.4 Å². The number of hydrogen-bond acceptors (Lipinski definition) is 6. The van der Waals surface area contributed by atoms with Gasteiger partial charge in [-0.05, 0) is 47.9 Å². The summed E-state index contributed by atoms with van der Waals surface area (Å²) in [4.78, 5) is 32.2. The molecule has 0 bridgehead atoms. The minimum absolute atomic E-state index is 0.0894. The summed E-state index contributed by atoms with van der Waals surface area (Å²) in [5, 5.41) is 9.90. The molecule has 192 valence electrons. The Morgan fingerprint density at radius 1 is 1.03 bits per heavy atom. The zero-order chi connectivity index (χ0) is 26.6. The second-order valence-electron chi connectivity index (χ2n) is 8.97. The van der Waals surface area contributed by atoms with Crippen molar-refractivity contribution < 1.29 is 14.3 Å². The minimum Gasteiger partial charge on any atom is -0.497 e. The van der Waals surface area contributed by atoms with Gasteiger partial charge in [-0.25, -0.2) is 0 Å². The molecule has 0 spiro atoms. The average Bonchev–Trinajstić information content (AvgIpc) is 3.51. The monoisotopic (exact) mass is 509 g/mol. The van der Waals surface area contributed by atoms with Gasteiger partial charge in [0, 0.05) is 23.3 Å². The van der Waals surface area contributed by atoms with Gasteiger partial charge in [0.05, 0.1) is 37.3 Å². The van der Waals surface area contributed by atoms with Crippen LogP contribution in [0.1, 0.15) is 44.7 Å². The molecule has 0 unspecified atom stereocenters. The van der Waals surface area contributed by atoms with E-state index < -0.39 is 17.7 Å². The zero-order valence-corrected chi connectivity index (χ0v) is 20.8. The van der Waals surface area contributed by atoms with E-state index in [2.05, 4.69) is 20.2 Å². The maximum absolute atomic E-state index is 12.4. The lowest BCUT2D eigenvalue weighted by molar-refractivity contribution is -0.117. The summed E-state index contributed by atoms with van der Waals surface area (Å²) in [6.45, 7) is 0.373. The van der Waals surface area contributed by atoms with Crippen molar-refractivity contribution in [1.29, 1.82) is 0 Å². The molecule has 2 amide bonds. The number of nitrogens with two attached hydrogens (primary N) is 2. The molecule has 10 nitrogen and oxygen atoms in total. The number of aromatic nitrogens is 5. The van der Waals surface area contributed by atoms with Gasteiger partial charge in [-0.15, -0.1) is 10.2 Å². The van der Waals surface area contributed by atoms with E-state index in [4.69, 9.17) is 16.2 Å². The van der Waals surface area contributed by atoms with Crippen LogP contribution < -0.4 is 16.2 Å². The van der Waals surface area contributed by atoms with E-state index in [-0.39, 0.29) is 6.42 Å². The Labute approximate surface area is 218 Å². The predicted octanol–water partition coefficient (Wildman–Crippen LogP) is 2.71. The summed E-state index contributed by atoms with van der Waals surface area (Å²) in [7, 11) is 1.61. The molecule has 3 aromatic heterocycles. The number of aromatic amines is 1. The molecule has 0 fully saturated rings. The van der Waals surface area contributed by atoms with Crippen molar-refractivity contribution in [3.05, 3.63) is 107 Å². The number of carbonyl (C=O) groups excluding carboxylic acids is 2. The highest BCUT2D eigenvalue weighted by molar-refractivity contribution is 5.94. The molecule has 0 radical (unpaired) electrons. The van der Waals surface area contributed by atoms with Gasteiger partial charge < -0.3 is 25.8 Å². The summed E-state index contributed by atoms with van der Waals surface area (Å²) in [6.07, 6.45) is 3.93. The zero-order valence-electron chi connectivity index (χ0n) is 20.8. The molecule has 5 rings (SSSR count). The van der Waals surface area contributed by atoms with Gasteiger partial charge in [-0.1, -0.05) is 30.3 Å². The molecule has 0 saturated heterocycles. The number of hydrogen-bond donors (Lipinski definition) is 3. The van der Waals surface area contributed by atoms with Crippen LogP contribution >= 0.6 is 0 Å². The van der Waals surface area contributed by atoms with Crippen molar-refractivity contribution >= 4 is 22.7 Å². The first-order chi connectivity index (χ1) is 18.4. The van der Waals surface area contributed by atoms with Crippen LogP contribution in [0.15, 0.2) is 73.1 Å². The molecule has 3 heterocycles. The van der Waals surface area contributed by atoms with Gasteiger partial charge in [0.2, 0.25) is 5.91 Å². The van der Waals surface area contributed by atoms with Crippen molar-refractivity contribution in [2.45, 2.75) is 25.3 Å². The van der Waals surface area contributed by atoms with Gasteiger partial charge >= 0.3 is 0 Å². The third kappa shape index (κ3) is 4.96. The lowest BCUT2D eigenvalue weighted by Crippen LogP contribution is -2.22. The number of para-hydroxylation sites is 1. The van der Waals surface area contributed by atoms with Crippen LogP contribution in [0.5, 0.6) is 5.75 Å². The molecule has 0 aliphatic rings. The molecule has 5 N–H and O–H groups in total. The van der Waals surface area contributed by atoms with Crippen molar-refractivity contribution in [1.82, 2.24) is 24.7 Å². The Morgan fingerprint density at radius 3 is 2.55 bits per heavy atom. The molecule has 2 aromatic carbocycles. The molecule has 1 atom stereocenters. The van der Waals surface area contributed by atoms with Crippen LogP contribution in [-0.4, -0.2) is 43.7 Å².